The second-order valence-electron chi connectivity index (χ2n) is 5.16. The van der Waals surface area contributed by atoms with Crippen LogP contribution in [0.5, 0.6) is 0 Å². The van der Waals surface area contributed by atoms with Crippen LogP contribution in [-0.4, -0.2) is 25.6 Å². The summed E-state index contributed by atoms with van der Waals surface area (Å²) in [6, 6.07) is 8.09. The molecular weight excluding hydrogens is 416 g/mol. The second-order valence-corrected chi connectivity index (χ2v) is 9.71. The maximum absolute atomic E-state index is 12.5. The van der Waals surface area contributed by atoms with Gasteiger partial charge in [0.25, 0.3) is 10.0 Å². The first-order valence-electron chi connectivity index (χ1n) is 7.72. The van der Waals surface area contributed by atoms with Crippen LogP contribution in [0.4, 0.5) is 0 Å². The van der Waals surface area contributed by atoms with Gasteiger partial charge < -0.3 is 9.30 Å². The Kier molecular flexibility index (Phi) is 5.52. The minimum atomic E-state index is -3.85. The van der Waals surface area contributed by atoms with Crippen LogP contribution >= 0.6 is 34.3 Å². The zero-order chi connectivity index (χ0) is 18.9. The van der Waals surface area contributed by atoms with Gasteiger partial charge in [0.05, 0.1) is 26.7 Å². The molecule has 0 amide bonds. The number of carbonyl (C=O) groups is 1. The minimum absolute atomic E-state index is 0.0924. The monoisotopic (exact) mass is 430 g/mol. The van der Waals surface area contributed by atoms with E-state index in [1.54, 1.807) is 29.7 Å². The molecule has 3 rings (SSSR count). The molecule has 0 aliphatic heterocycles. The van der Waals surface area contributed by atoms with Crippen molar-refractivity contribution < 1.29 is 17.9 Å². The summed E-state index contributed by atoms with van der Waals surface area (Å²) in [5.74, 6) is -0.412. The van der Waals surface area contributed by atoms with Gasteiger partial charge in [-0.25, -0.2) is 4.79 Å². The molecule has 0 radical (unpaired) electrons. The average Bonchev–Trinajstić information content (AvgIpc) is 3.17. The molecule has 0 fully saturated rings. The van der Waals surface area contributed by atoms with E-state index >= 15 is 0 Å². The molecular formula is C16H15ClN2O4S3. The van der Waals surface area contributed by atoms with Crippen molar-refractivity contribution >= 4 is 60.5 Å². The second kappa shape index (κ2) is 7.51. The number of aryl methyl sites for hydroxylation is 1. The van der Waals surface area contributed by atoms with Crippen molar-refractivity contribution in [1.29, 1.82) is 0 Å². The van der Waals surface area contributed by atoms with E-state index in [9.17, 15) is 13.2 Å². The van der Waals surface area contributed by atoms with Gasteiger partial charge in [-0.05, 0) is 44.2 Å². The zero-order valence-corrected chi connectivity index (χ0v) is 17.1. The van der Waals surface area contributed by atoms with Crippen LogP contribution in [-0.2, 0) is 21.3 Å². The standard InChI is InChI=1S/C16H15ClN2O4S3/c1-3-19-11-6-5-10(15(20)23-4-2)9-12(11)24-16(19)18-26(21,22)14-8-7-13(17)25-14/h5-9H,3-4H2,1-2H3. The molecule has 0 spiro atoms. The summed E-state index contributed by atoms with van der Waals surface area (Å²) in [5.41, 5.74) is 1.23. The van der Waals surface area contributed by atoms with E-state index in [0.29, 0.717) is 27.9 Å². The van der Waals surface area contributed by atoms with Crippen molar-refractivity contribution in [2.75, 3.05) is 6.61 Å². The quantitative estimate of drug-likeness (QED) is 0.575. The van der Waals surface area contributed by atoms with Crippen molar-refractivity contribution in [2.24, 2.45) is 4.40 Å². The summed E-state index contributed by atoms with van der Waals surface area (Å²) in [4.78, 5) is 12.3. The number of benzene rings is 1. The Bertz CT molecular complexity index is 1140. The minimum Gasteiger partial charge on any atom is -0.462 e. The number of ether oxygens (including phenoxy) is 1. The first-order chi connectivity index (χ1) is 12.4. The molecule has 0 N–H and O–H groups in total. The average molecular weight is 431 g/mol. The van der Waals surface area contributed by atoms with E-state index < -0.39 is 16.0 Å². The fraction of sp³-hybridized carbons (Fsp3) is 0.250. The van der Waals surface area contributed by atoms with Crippen LogP contribution in [0.1, 0.15) is 24.2 Å². The summed E-state index contributed by atoms with van der Waals surface area (Å²) in [6.07, 6.45) is 0. The summed E-state index contributed by atoms with van der Waals surface area (Å²) < 4.78 is 37.1. The van der Waals surface area contributed by atoms with E-state index in [1.165, 1.54) is 23.5 Å². The molecule has 0 saturated heterocycles. The highest BCUT2D eigenvalue weighted by molar-refractivity contribution is 7.92. The van der Waals surface area contributed by atoms with Gasteiger partial charge in [0.2, 0.25) is 4.80 Å². The number of carbonyl (C=O) groups excluding carboxylic acids is 1. The predicted molar refractivity (Wildman–Crippen MR) is 104 cm³/mol. The molecule has 0 saturated carbocycles. The zero-order valence-electron chi connectivity index (χ0n) is 13.9. The number of fused-ring (bicyclic) bond motifs is 1. The van der Waals surface area contributed by atoms with Crippen LogP contribution in [0.2, 0.25) is 4.34 Å². The molecule has 0 aliphatic rings. The Labute approximate surface area is 163 Å². The summed E-state index contributed by atoms with van der Waals surface area (Å²) in [7, 11) is -3.85. The lowest BCUT2D eigenvalue weighted by Crippen LogP contribution is -2.15. The van der Waals surface area contributed by atoms with Crippen LogP contribution in [0.25, 0.3) is 10.2 Å². The molecule has 6 nitrogen and oxygen atoms in total. The molecule has 2 heterocycles. The molecule has 0 aliphatic carbocycles. The SMILES string of the molecule is CCOC(=O)c1ccc2c(c1)sc(=NS(=O)(=O)c1ccc(Cl)s1)n2CC. The van der Waals surface area contributed by atoms with Gasteiger partial charge in [-0.2, -0.15) is 8.42 Å². The van der Waals surface area contributed by atoms with E-state index in [4.69, 9.17) is 16.3 Å². The Morgan fingerprint density at radius 3 is 2.62 bits per heavy atom. The molecule has 1 aromatic carbocycles. The fourth-order valence-electron chi connectivity index (χ4n) is 2.37. The maximum atomic E-state index is 12.5. The van der Waals surface area contributed by atoms with Gasteiger partial charge in [0.15, 0.2) is 0 Å². The van der Waals surface area contributed by atoms with Gasteiger partial charge in [-0.15, -0.1) is 15.7 Å². The highest BCUT2D eigenvalue weighted by Crippen LogP contribution is 2.27. The number of aromatic nitrogens is 1. The van der Waals surface area contributed by atoms with Gasteiger partial charge in [0, 0.05) is 6.54 Å². The number of hydrogen-bond donors (Lipinski definition) is 0. The molecule has 26 heavy (non-hydrogen) atoms. The van der Waals surface area contributed by atoms with E-state index in [1.807, 2.05) is 6.92 Å². The Morgan fingerprint density at radius 2 is 2.00 bits per heavy atom. The van der Waals surface area contributed by atoms with Crippen molar-refractivity contribution in [2.45, 2.75) is 24.6 Å². The summed E-state index contributed by atoms with van der Waals surface area (Å²) >= 11 is 8.00. The van der Waals surface area contributed by atoms with Gasteiger partial charge in [0.1, 0.15) is 4.21 Å². The Balaban J connectivity index is 2.15. The Morgan fingerprint density at radius 1 is 1.23 bits per heavy atom. The molecule has 0 bridgehead atoms. The lowest BCUT2D eigenvalue weighted by molar-refractivity contribution is 0.0526. The lowest BCUT2D eigenvalue weighted by atomic mass is 10.2. The lowest BCUT2D eigenvalue weighted by Gasteiger charge is -2.03. The third-order valence-corrected chi connectivity index (χ3v) is 7.63. The van der Waals surface area contributed by atoms with Crippen LogP contribution in [0.3, 0.4) is 0 Å². The number of halogens is 1. The van der Waals surface area contributed by atoms with E-state index in [0.717, 1.165) is 21.6 Å². The number of nitrogens with zero attached hydrogens (tertiary/aromatic N) is 2. The fourth-order valence-corrected chi connectivity index (χ4v) is 6.17. The number of hydrogen-bond acceptors (Lipinski definition) is 6. The van der Waals surface area contributed by atoms with E-state index in [2.05, 4.69) is 4.40 Å². The number of thiazole rings is 1. The third kappa shape index (κ3) is 3.71. The number of esters is 1. The number of rotatable bonds is 5. The Hall–Kier alpha value is -1.68. The van der Waals surface area contributed by atoms with Crippen LogP contribution < -0.4 is 4.80 Å². The maximum Gasteiger partial charge on any atom is 0.338 e. The van der Waals surface area contributed by atoms with Crippen molar-refractivity contribution in [3.63, 3.8) is 0 Å². The molecule has 0 unspecified atom stereocenters. The highest BCUT2D eigenvalue weighted by atomic mass is 35.5. The highest BCUT2D eigenvalue weighted by Gasteiger charge is 2.17. The predicted octanol–water partition coefficient (Wildman–Crippen LogP) is 3.90. The van der Waals surface area contributed by atoms with E-state index in [-0.39, 0.29) is 4.21 Å². The van der Waals surface area contributed by atoms with Crippen molar-refractivity contribution in [3.05, 3.63) is 45.0 Å². The molecule has 0 atom stereocenters. The number of sulfonamides is 1. The third-order valence-electron chi connectivity index (χ3n) is 3.51. The number of thiophene rings is 1. The molecule has 10 heteroatoms. The summed E-state index contributed by atoms with van der Waals surface area (Å²) in [6.45, 7) is 4.47. The van der Waals surface area contributed by atoms with Crippen molar-refractivity contribution in [3.8, 4) is 0 Å². The first-order valence-corrected chi connectivity index (χ1v) is 11.2. The molecule has 2 aromatic heterocycles. The molecule has 3 aromatic rings. The van der Waals surface area contributed by atoms with Crippen molar-refractivity contribution in [1.82, 2.24) is 4.57 Å². The first kappa shape index (κ1) is 19.1. The van der Waals surface area contributed by atoms with Gasteiger partial charge in [-0.1, -0.05) is 22.9 Å². The normalized spacial score (nSPS) is 12.7. The van der Waals surface area contributed by atoms with Crippen LogP contribution in [0, 0.1) is 0 Å². The molecule has 138 valence electrons. The largest absolute Gasteiger partial charge is 0.462 e. The van der Waals surface area contributed by atoms with Gasteiger partial charge >= 0.3 is 5.97 Å². The smallest absolute Gasteiger partial charge is 0.338 e. The topological polar surface area (TPSA) is 77.7 Å². The van der Waals surface area contributed by atoms with Gasteiger partial charge in [-0.3, -0.25) is 0 Å². The van der Waals surface area contributed by atoms with Crippen LogP contribution in [0.15, 0.2) is 38.9 Å². The summed E-state index contributed by atoms with van der Waals surface area (Å²) in [5, 5.41) is 0.